The molecule has 0 saturated carbocycles. The topological polar surface area (TPSA) is 77.2 Å². The van der Waals surface area contributed by atoms with Gasteiger partial charge in [-0.1, -0.05) is 23.4 Å². The van der Waals surface area contributed by atoms with Crippen LogP contribution in [0.3, 0.4) is 0 Å². The number of carbonyl (C=O) groups is 1. The third-order valence-corrected chi connectivity index (χ3v) is 3.66. The first-order valence-electron chi connectivity index (χ1n) is 7.54. The van der Waals surface area contributed by atoms with Crippen LogP contribution in [-0.4, -0.2) is 29.3 Å². The van der Waals surface area contributed by atoms with E-state index < -0.39 is 0 Å². The molecule has 1 aliphatic heterocycles. The monoisotopic (exact) mass is 301 g/mol. The zero-order valence-electron chi connectivity index (χ0n) is 12.3. The fourth-order valence-electron chi connectivity index (χ4n) is 2.50. The van der Waals surface area contributed by atoms with Crippen LogP contribution in [0.5, 0.6) is 0 Å². The molecule has 2 heterocycles. The Morgan fingerprint density at radius 2 is 2.18 bits per heavy atom. The number of amides is 1. The molecule has 116 valence electrons. The lowest BCUT2D eigenvalue weighted by Gasteiger charge is -2.21. The van der Waals surface area contributed by atoms with Gasteiger partial charge in [-0.05, 0) is 30.9 Å². The maximum absolute atomic E-state index is 11.9. The third-order valence-electron chi connectivity index (χ3n) is 3.66. The highest BCUT2D eigenvalue weighted by atomic mass is 16.5. The number of hydrogen-bond donors (Lipinski definition) is 1. The number of rotatable bonds is 5. The number of carbonyl (C=O) groups excluding carboxylic acids is 1. The summed E-state index contributed by atoms with van der Waals surface area (Å²) in [4.78, 5) is 16.2. The van der Waals surface area contributed by atoms with Crippen molar-refractivity contribution in [1.29, 1.82) is 0 Å². The highest BCUT2D eigenvalue weighted by Crippen LogP contribution is 2.17. The van der Waals surface area contributed by atoms with Crippen molar-refractivity contribution in [1.82, 2.24) is 15.5 Å². The second-order valence-corrected chi connectivity index (χ2v) is 5.45. The van der Waals surface area contributed by atoms with Crippen LogP contribution in [0.4, 0.5) is 0 Å². The minimum Gasteiger partial charge on any atom is -0.381 e. The largest absolute Gasteiger partial charge is 0.381 e. The number of nitrogens with one attached hydrogen (secondary N) is 1. The van der Waals surface area contributed by atoms with Gasteiger partial charge < -0.3 is 14.6 Å². The first kappa shape index (κ1) is 14.7. The molecule has 3 rings (SSSR count). The summed E-state index contributed by atoms with van der Waals surface area (Å²) in [6, 6.07) is 9.55. The number of nitrogens with zero attached hydrogens (tertiary/aromatic N) is 2. The van der Waals surface area contributed by atoms with E-state index in [0.717, 1.165) is 25.0 Å². The third kappa shape index (κ3) is 3.92. The lowest BCUT2D eigenvalue weighted by molar-refractivity contribution is -0.123. The van der Waals surface area contributed by atoms with E-state index in [1.807, 2.05) is 30.3 Å². The number of hydrogen-bond acceptors (Lipinski definition) is 5. The lowest BCUT2D eigenvalue weighted by Crippen LogP contribution is -2.28. The standard InChI is InChI=1S/C16H19N3O3/c20-15(9-12-5-4-8-21-11-12)17-10-14-18-16(22-19-14)13-6-2-1-3-7-13/h1-3,6-7,12H,4-5,8-11H2,(H,17,20). The molecular formula is C16H19N3O3. The van der Waals surface area contributed by atoms with E-state index in [2.05, 4.69) is 15.5 Å². The Balaban J connectivity index is 1.49. The van der Waals surface area contributed by atoms with Gasteiger partial charge >= 0.3 is 0 Å². The summed E-state index contributed by atoms with van der Waals surface area (Å²) < 4.78 is 10.6. The summed E-state index contributed by atoms with van der Waals surface area (Å²) in [5.74, 6) is 1.26. The van der Waals surface area contributed by atoms with Crippen LogP contribution in [0, 0.1) is 5.92 Å². The minimum absolute atomic E-state index is 0.00145. The molecule has 1 atom stereocenters. The quantitative estimate of drug-likeness (QED) is 0.915. The predicted octanol–water partition coefficient (Wildman–Crippen LogP) is 2.17. The molecule has 1 N–H and O–H groups in total. The summed E-state index contributed by atoms with van der Waals surface area (Å²) in [6.07, 6.45) is 2.57. The highest BCUT2D eigenvalue weighted by molar-refractivity contribution is 5.76. The van der Waals surface area contributed by atoms with E-state index in [1.165, 1.54) is 0 Å². The zero-order chi connectivity index (χ0) is 15.2. The molecule has 22 heavy (non-hydrogen) atoms. The van der Waals surface area contributed by atoms with Crippen molar-refractivity contribution in [2.75, 3.05) is 13.2 Å². The lowest BCUT2D eigenvalue weighted by atomic mass is 9.98. The molecular weight excluding hydrogens is 282 g/mol. The Morgan fingerprint density at radius 3 is 2.95 bits per heavy atom. The van der Waals surface area contributed by atoms with Gasteiger partial charge in [0.15, 0.2) is 5.82 Å². The van der Waals surface area contributed by atoms with Crippen LogP contribution < -0.4 is 5.32 Å². The van der Waals surface area contributed by atoms with Gasteiger partial charge in [0.25, 0.3) is 5.89 Å². The molecule has 1 saturated heterocycles. The molecule has 0 spiro atoms. The SMILES string of the molecule is O=C(CC1CCCOC1)NCc1noc(-c2ccccc2)n1. The van der Waals surface area contributed by atoms with Gasteiger partial charge in [-0.3, -0.25) is 4.79 Å². The predicted molar refractivity (Wildman–Crippen MR) is 79.7 cm³/mol. The Kier molecular flexibility index (Phi) is 4.80. The van der Waals surface area contributed by atoms with Crippen LogP contribution in [0.2, 0.25) is 0 Å². The first-order valence-corrected chi connectivity index (χ1v) is 7.54. The second kappa shape index (κ2) is 7.17. The molecule has 0 radical (unpaired) electrons. The van der Waals surface area contributed by atoms with Crippen molar-refractivity contribution in [2.24, 2.45) is 5.92 Å². The van der Waals surface area contributed by atoms with Crippen LogP contribution in [0.1, 0.15) is 25.1 Å². The van der Waals surface area contributed by atoms with E-state index in [1.54, 1.807) is 0 Å². The van der Waals surface area contributed by atoms with Gasteiger partial charge in [0, 0.05) is 25.2 Å². The van der Waals surface area contributed by atoms with Gasteiger partial charge in [0.05, 0.1) is 6.54 Å². The Bertz CT molecular complexity index is 606. The highest BCUT2D eigenvalue weighted by Gasteiger charge is 2.18. The van der Waals surface area contributed by atoms with Crippen LogP contribution in [0.25, 0.3) is 11.5 Å². The van der Waals surface area contributed by atoms with E-state index in [9.17, 15) is 4.79 Å². The van der Waals surface area contributed by atoms with Gasteiger partial charge in [0.1, 0.15) is 0 Å². The molecule has 1 aromatic carbocycles. The van der Waals surface area contributed by atoms with Crippen molar-refractivity contribution in [2.45, 2.75) is 25.8 Å². The average Bonchev–Trinajstić information content (AvgIpc) is 3.04. The van der Waals surface area contributed by atoms with Crippen molar-refractivity contribution in [3.63, 3.8) is 0 Å². The summed E-state index contributed by atoms with van der Waals surface area (Å²) in [6.45, 7) is 1.76. The fraction of sp³-hybridized carbons (Fsp3) is 0.438. The number of ether oxygens (including phenoxy) is 1. The molecule has 0 aliphatic carbocycles. The maximum atomic E-state index is 11.9. The molecule has 1 aromatic heterocycles. The van der Waals surface area contributed by atoms with Crippen LogP contribution in [-0.2, 0) is 16.1 Å². The second-order valence-electron chi connectivity index (χ2n) is 5.45. The Hall–Kier alpha value is -2.21. The molecule has 1 amide bonds. The van der Waals surface area contributed by atoms with Crippen LogP contribution in [0.15, 0.2) is 34.9 Å². The molecule has 2 aromatic rings. The minimum atomic E-state index is 0.00145. The Labute approximate surface area is 128 Å². The number of benzene rings is 1. The van der Waals surface area contributed by atoms with Crippen molar-refractivity contribution in [3.05, 3.63) is 36.2 Å². The van der Waals surface area contributed by atoms with Crippen molar-refractivity contribution >= 4 is 5.91 Å². The van der Waals surface area contributed by atoms with Crippen LogP contribution >= 0.6 is 0 Å². The summed E-state index contributed by atoms with van der Waals surface area (Å²) in [5, 5.41) is 6.72. The molecule has 1 unspecified atom stereocenters. The first-order chi connectivity index (χ1) is 10.8. The average molecular weight is 301 g/mol. The summed E-state index contributed by atoms with van der Waals surface area (Å²) >= 11 is 0. The van der Waals surface area contributed by atoms with Gasteiger partial charge in [-0.2, -0.15) is 4.98 Å². The van der Waals surface area contributed by atoms with E-state index in [4.69, 9.17) is 9.26 Å². The summed E-state index contributed by atoms with van der Waals surface area (Å²) in [7, 11) is 0. The Morgan fingerprint density at radius 1 is 1.32 bits per heavy atom. The van der Waals surface area contributed by atoms with Gasteiger partial charge in [-0.25, -0.2) is 0 Å². The molecule has 0 bridgehead atoms. The van der Waals surface area contributed by atoms with Gasteiger partial charge in [0.2, 0.25) is 5.91 Å². The van der Waals surface area contributed by atoms with Crippen molar-refractivity contribution < 1.29 is 14.1 Å². The zero-order valence-corrected chi connectivity index (χ0v) is 12.3. The smallest absolute Gasteiger partial charge is 0.257 e. The molecule has 1 fully saturated rings. The van der Waals surface area contributed by atoms with Crippen molar-refractivity contribution in [3.8, 4) is 11.5 Å². The summed E-state index contributed by atoms with van der Waals surface area (Å²) in [5.41, 5.74) is 0.868. The van der Waals surface area contributed by atoms with Gasteiger partial charge in [-0.15, -0.1) is 0 Å². The van der Waals surface area contributed by atoms with E-state index >= 15 is 0 Å². The number of aromatic nitrogens is 2. The normalized spacial score (nSPS) is 18.1. The van der Waals surface area contributed by atoms with E-state index in [0.29, 0.717) is 30.7 Å². The van der Waals surface area contributed by atoms with E-state index in [-0.39, 0.29) is 12.5 Å². The molecule has 1 aliphatic rings. The molecule has 6 nitrogen and oxygen atoms in total. The fourth-order valence-corrected chi connectivity index (χ4v) is 2.50. The molecule has 6 heteroatoms. The maximum Gasteiger partial charge on any atom is 0.257 e.